The smallest absolute Gasteiger partial charge is 0.405 e. The van der Waals surface area contributed by atoms with Crippen LogP contribution in [0.15, 0.2) is 29.2 Å². The van der Waals surface area contributed by atoms with Gasteiger partial charge in [-0.05, 0) is 55.4 Å². The summed E-state index contributed by atoms with van der Waals surface area (Å²) in [7, 11) is -3.73. The van der Waals surface area contributed by atoms with Gasteiger partial charge < -0.3 is 10.4 Å². The summed E-state index contributed by atoms with van der Waals surface area (Å²) in [5, 5.41) is 11.6. The molecule has 1 aliphatic rings. The van der Waals surface area contributed by atoms with Crippen LogP contribution in [-0.4, -0.2) is 31.7 Å². The maximum absolute atomic E-state index is 12.9. The van der Waals surface area contributed by atoms with E-state index in [9.17, 15) is 17.6 Å². The van der Waals surface area contributed by atoms with Crippen molar-refractivity contribution < 1.29 is 22.7 Å². The van der Waals surface area contributed by atoms with Crippen molar-refractivity contribution in [1.29, 1.82) is 0 Å². The third-order valence-electron chi connectivity index (χ3n) is 5.46. The first-order chi connectivity index (χ1) is 11.0. The largest absolute Gasteiger partial charge is 0.465 e. The fraction of sp³-hybridized carbons (Fsp3) is 0.562. The van der Waals surface area contributed by atoms with Crippen molar-refractivity contribution >= 4 is 16.1 Å². The van der Waals surface area contributed by atoms with Crippen molar-refractivity contribution in [2.24, 2.45) is 11.3 Å². The second-order valence-electron chi connectivity index (χ2n) is 7.03. The van der Waals surface area contributed by atoms with Crippen LogP contribution >= 0.6 is 0 Å². The first-order valence-electron chi connectivity index (χ1n) is 7.74. The minimum Gasteiger partial charge on any atom is -0.465 e. The Balaban J connectivity index is 2.09. The molecule has 1 aromatic carbocycles. The van der Waals surface area contributed by atoms with Gasteiger partial charge in [0.2, 0.25) is 10.0 Å². The molecular formula is C16H23FN2O4S. The average Bonchev–Trinajstić information content (AvgIpc) is 2.67. The molecule has 134 valence electrons. The van der Waals surface area contributed by atoms with E-state index in [2.05, 4.69) is 10.0 Å². The van der Waals surface area contributed by atoms with Gasteiger partial charge in [0.15, 0.2) is 0 Å². The summed E-state index contributed by atoms with van der Waals surface area (Å²) in [5.74, 6) is -0.522. The van der Waals surface area contributed by atoms with Gasteiger partial charge >= 0.3 is 6.09 Å². The molecule has 2 rings (SSSR count). The third kappa shape index (κ3) is 3.54. The first kappa shape index (κ1) is 18.7. The standard InChI is InChI=1S/C16H23FN2O4S/c1-15(2)11(8-9-16(15,3)19-14(20)21)10-18-24(22,23)13-6-4-12(17)5-7-13/h4-7,11,18-19H,8-10H2,1-3H3,(H,20,21)/t11-,16-/m1/s1. The lowest BCUT2D eigenvalue weighted by atomic mass is 9.71. The van der Waals surface area contributed by atoms with Crippen LogP contribution in [-0.2, 0) is 10.0 Å². The highest BCUT2D eigenvalue weighted by molar-refractivity contribution is 7.89. The van der Waals surface area contributed by atoms with E-state index in [-0.39, 0.29) is 17.4 Å². The Morgan fingerprint density at radius 3 is 2.42 bits per heavy atom. The van der Waals surface area contributed by atoms with Gasteiger partial charge in [-0.15, -0.1) is 0 Å². The Labute approximate surface area is 141 Å². The van der Waals surface area contributed by atoms with Crippen LogP contribution in [0.1, 0.15) is 33.6 Å². The molecule has 1 saturated carbocycles. The lowest BCUT2D eigenvalue weighted by Gasteiger charge is -2.41. The topological polar surface area (TPSA) is 95.5 Å². The predicted molar refractivity (Wildman–Crippen MR) is 87.7 cm³/mol. The van der Waals surface area contributed by atoms with Gasteiger partial charge in [0.05, 0.1) is 4.90 Å². The van der Waals surface area contributed by atoms with Crippen LogP contribution in [0.25, 0.3) is 0 Å². The maximum Gasteiger partial charge on any atom is 0.405 e. The van der Waals surface area contributed by atoms with Gasteiger partial charge in [-0.1, -0.05) is 13.8 Å². The van der Waals surface area contributed by atoms with E-state index in [1.54, 1.807) is 0 Å². The second-order valence-corrected chi connectivity index (χ2v) is 8.79. The van der Waals surface area contributed by atoms with E-state index in [1.165, 1.54) is 12.1 Å². The molecule has 0 aromatic heterocycles. The lowest BCUT2D eigenvalue weighted by Crippen LogP contribution is -2.54. The van der Waals surface area contributed by atoms with Crippen molar-refractivity contribution in [3.63, 3.8) is 0 Å². The van der Waals surface area contributed by atoms with E-state index in [0.717, 1.165) is 12.1 Å². The zero-order valence-corrected chi connectivity index (χ0v) is 14.8. The van der Waals surface area contributed by atoms with E-state index >= 15 is 0 Å². The van der Waals surface area contributed by atoms with Gasteiger partial charge in [-0.25, -0.2) is 22.3 Å². The molecule has 1 aromatic rings. The summed E-state index contributed by atoms with van der Waals surface area (Å²) in [6, 6.07) is 4.63. The summed E-state index contributed by atoms with van der Waals surface area (Å²) in [4.78, 5) is 11.0. The third-order valence-corrected chi connectivity index (χ3v) is 6.90. The average molecular weight is 358 g/mol. The van der Waals surface area contributed by atoms with Crippen molar-refractivity contribution in [1.82, 2.24) is 10.0 Å². The van der Waals surface area contributed by atoms with Gasteiger partial charge in [0.25, 0.3) is 0 Å². The van der Waals surface area contributed by atoms with Gasteiger partial charge in [-0.3, -0.25) is 0 Å². The van der Waals surface area contributed by atoms with Crippen LogP contribution in [0.2, 0.25) is 0 Å². The Kier molecular flexibility index (Phi) is 4.92. The molecule has 0 heterocycles. The van der Waals surface area contributed by atoms with E-state index < -0.39 is 32.9 Å². The highest BCUT2D eigenvalue weighted by atomic mass is 32.2. The Hall–Kier alpha value is -1.67. The quantitative estimate of drug-likeness (QED) is 0.754. The van der Waals surface area contributed by atoms with Gasteiger partial charge in [0, 0.05) is 12.1 Å². The first-order valence-corrected chi connectivity index (χ1v) is 9.23. The van der Waals surface area contributed by atoms with E-state index in [0.29, 0.717) is 12.8 Å². The Morgan fingerprint density at radius 2 is 1.88 bits per heavy atom. The van der Waals surface area contributed by atoms with E-state index in [4.69, 9.17) is 5.11 Å². The predicted octanol–water partition coefficient (Wildman–Crippen LogP) is 2.57. The zero-order valence-electron chi connectivity index (χ0n) is 14.0. The summed E-state index contributed by atoms with van der Waals surface area (Å²) in [6.07, 6.45) is 0.253. The summed E-state index contributed by atoms with van der Waals surface area (Å²) < 4.78 is 40.1. The molecule has 0 aliphatic heterocycles. The molecule has 6 nitrogen and oxygen atoms in total. The van der Waals surface area contributed by atoms with Gasteiger partial charge in [0.1, 0.15) is 5.82 Å². The number of amides is 1. The normalized spacial score (nSPS) is 26.2. The van der Waals surface area contributed by atoms with Crippen LogP contribution < -0.4 is 10.0 Å². The molecule has 24 heavy (non-hydrogen) atoms. The van der Waals surface area contributed by atoms with Crippen LogP contribution in [0.4, 0.5) is 9.18 Å². The van der Waals surface area contributed by atoms with Crippen molar-refractivity contribution in [3.05, 3.63) is 30.1 Å². The molecule has 0 bridgehead atoms. The molecule has 1 aliphatic carbocycles. The van der Waals surface area contributed by atoms with Crippen LogP contribution in [0.3, 0.4) is 0 Å². The number of nitrogens with one attached hydrogen (secondary N) is 2. The lowest BCUT2D eigenvalue weighted by molar-refractivity contribution is 0.117. The number of carbonyl (C=O) groups is 1. The maximum atomic E-state index is 12.9. The highest BCUT2D eigenvalue weighted by Gasteiger charge is 2.52. The number of sulfonamides is 1. The molecule has 1 amide bonds. The summed E-state index contributed by atoms with van der Waals surface area (Å²) >= 11 is 0. The SMILES string of the molecule is CC1(C)[C@@H](CNS(=O)(=O)c2ccc(F)cc2)CC[C@@]1(C)NC(=O)O. The minimum atomic E-state index is -3.73. The van der Waals surface area contributed by atoms with Crippen LogP contribution in [0, 0.1) is 17.2 Å². The summed E-state index contributed by atoms with van der Waals surface area (Å²) in [5.41, 5.74) is -1.04. The second kappa shape index (κ2) is 6.33. The number of hydrogen-bond donors (Lipinski definition) is 3. The molecular weight excluding hydrogens is 335 g/mol. The fourth-order valence-corrected chi connectivity index (χ4v) is 4.40. The van der Waals surface area contributed by atoms with Crippen molar-refractivity contribution in [2.75, 3.05) is 6.54 Å². The van der Waals surface area contributed by atoms with Gasteiger partial charge in [-0.2, -0.15) is 0 Å². The number of rotatable bonds is 5. The van der Waals surface area contributed by atoms with Crippen LogP contribution in [0.5, 0.6) is 0 Å². The monoisotopic (exact) mass is 358 g/mol. The van der Waals surface area contributed by atoms with Crippen molar-refractivity contribution in [3.8, 4) is 0 Å². The molecule has 0 saturated heterocycles. The molecule has 2 atom stereocenters. The number of halogens is 1. The summed E-state index contributed by atoms with van der Waals surface area (Å²) in [6.45, 7) is 5.92. The minimum absolute atomic E-state index is 0.00567. The number of carboxylic acid groups (broad SMARTS) is 1. The Bertz CT molecular complexity index is 718. The fourth-order valence-electron chi connectivity index (χ4n) is 3.32. The molecule has 0 radical (unpaired) electrons. The van der Waals surface area contributed by atoms with E-state index in [1.807, 2.05) is 20.8 Å². The molecule has 0 spiro atoms. The number of hydrogen-bond acceptors (Lipinski definition) is 3. The molecule has 0 unspecified atom stereocenters. The molecule has 8 heteroatoms. The Morgan fingerprint density at radius 1 is 1.29 bits per heavy atom. The van der Waals surface area contributed by atoms with Crippen molar-refractivity contribution in [2.45, 2.75) is 44.0 Å². The number of benzene rings is 1. The zero-order chi connectivity index (χ0) is 18.2. The molecule has 1 fully saturated rings. The highest BCUT2D eigenvalue weighted by Crippen LogP contribution is 2.49. The molecule has 3 N–H and O–H groups in total.